The van der Waals surface area contributed by atoms with Crippen molar-refractivity contribution in [3.63, 3.8) is 0 Å². The number of likely N-dealkylation sites (tertiary alicyclic amines) is 1. The van der Waals surface area contributed by atoms with Crippen LogP contribution in [0.15, 0.2) is 54.6 Å². The van der Waals surface area contributed by atoms with Crippen molar-refractivity contribution in [2.45, 2.75) is 82.8 Å². The molecule has 39 heavy (non-hydrogen) atoms. The summed E-state index contributed by atoms with van der Waals surface area (Å²) in [6, 6.07) is 8.25. The highest BCUT2D eigenvalue weighted by atomic mass is 16.5. The average Bonchev–Trinajstić information content (AvgIpc) is 3.24. The molecule has 210 valence electrons. The van der Waals surface area contributed by atoms with Crippen molar-refractivity contribution in [2.24, 2.45) is 11.8 Å². The van der Waals surface area contributed by atoms with Gasteiger partial charge in [0.2, 0.25) is 17.7 Å². The maximum Gasteiger partial charge on any atom is 0.249 e. The third-order valence-electron chi connectivity index (χ3n) is 9.19. The van der Waals surface area contributed by atoms with E-state index in [1.165, 1.54) is 4.90 Å². The van der Waals surface area contributed by atoms with E-state index in [9.17, 15) is 19.5 Å². The van der Waals surface area contributed by atoms with Gasteiger partial charge < -0.3 is 24.5 Å². The molecule has 0 bridgehead atoms. The van der Waals surface area contributed by atoms with Gasteiger partial charge in [0, 0.05) is 25.7 Å². The first-order valence-electron chi connectivity index (χ1n) is 14.4. The molecule has 2 fully saturated rings. The lowest BCUT2D eigenvalue weighted by Gasteiger charge is -2.41. The molecule has 8 nitrogen and oxygen atoms in total. The lowest BCUT2D eigenvalue weighted by molar-refractivity contribution is -0.158. The molecule has 8 heteroatoms. The van der Waals surface area contributed by atoms with E-state index in [0.717, 1.165) is 18.4 Å². The summed E-state index contributed by atoms with van der Waals surface area (Å²) in [6.07, 6.45) is 10.00. The number of ether oxygens (including phenoxy) is 1. The molecule has 1 aromatic rings. The fourth-order valence-corrected chi connectivity index (χ4v) is 7.25. The lowest BCUT2D eigenvalue weighted by atomic mass is 9.73. The van der Waals surface area contributed by atoms with E-state index in [2.05, 4.69) is 6.92 Å². The molecule has 1 N–H and O–H groups in total. The Balaban J connectivity index is 1.62. The molecule has 0 radical (unpaired) electrons. The number of benzene rings is 1. The summed E-state index contributed by atoms with van der Waals surface area (Å²) in [5.41, 5.74) is -1.30. The Morgan fingerprint density at radius 2 is 1.67 bits per heavy atom. The molecule has 1 spiro atoms. The SMILES string of the molecule is CCCC(C)N1CC=C[C@]23O[C@]4(CC)C=CCN(Cc5ccccc5)C(=O)[C@@H]4[C@H]2C(=O)N([C@H](C)CO)C3C1=O. The second kappa shape index (κ2) is 10.5. The Morgan fingerprint density at radius 3 is 2.33 bits per heavy atom. The number of carbonyl (C=O) groups excluding carboxylic acids is 3. The Hall–Kier alpha value is -2.97. The summed E-state index contributed by atoms with van der Waals surface area (Å²) in [5.74, 6) is -2.27. The van der Waals surface area contributed by atoms with Crippen LogP contribution in [-0.4, -0.2) is 86.6 Å². The van der Waals surface area contributed by atoms with E-state index in [-0.39, 0.29) is 30.4 Å². The monoisotopic (exact) mass is 535 g/mol. The van der Waals surface area contributed by atoms with Crippen LogP contribution in [0.5, 0.6) is 0 Å². The molecule has 2 saturated heterocycles. The predicted octanol–water partition coefficient (Wildman–Crippen LogP) is 2.91. The van der Waals surface area contributed by atoms with Crippen LogP contribution in [0.25, 0.3) is 0 Å². The van der Waals surface area contributed by atoms with Gasteiger partial charge in [-0.15, -0.1) is 0 Å². The standard InChI is InChI=1S/C31H41N3O5/c1-5-12-21(3)33-18-11-16-31-25(28(37)34(22(4)20-35)26(31)29(33)38)24-27(36)32(19-23-13-8-7-9-14-23)17-10-15-30(24,6-2)39-31/h7-11,13-16,21-22,24-26,35H,5-6,12,17-20H2,1-4H3/t21?,22-,24+,25+,26?,30-,31+/m1/s1. The lowest BCUT2D eigenvalue weighted by Crippen LogP contribution is -2.59. The van der Waals surface area contributed by atoms with Crippen molar-refractivity contribution >= 4 is 17.7 Å². The van der Waals surface area contributed by atoms with E-state index in [0.29, 0.717) is 26.1 Å². The van der Waals surface area contributed by atoms with Crippen LogP contribution in [0.1, 0.15) is 52.5 Å². The number of nitrogens with zero attached hydrogens (tertiary/aromatic N) is 3. The highest BCUT2D eigenvalue weighted by Crippen LogP contribution is 2.59. The maximum atomic E-state index is 14.4. The van der Waals surface area contributed by atoms with Crippen LogP contribution in [0.4, 0.5) is 0 Å². The van der Waals surface area contributed by atoms with Gasteiger partial charge in [-0.2, -0.15) is 0 Å². The Morgan fingerprint density at radius 1 is 0.949 bits per heavy atom. The molecule has 7 atom stereocenters. The largest absolute Gasteiger partial charge is 0.394 e. The number of hydrogen-bond donors (Lipinski definition) is 1. The molecule has 3 amide bonds. The Labute approximate surface area is 231 Å². The molecule has 1 aromatic carbocycles. The number of aliphatic hydroxyl groups excluding tert-OH is 1. The normalized spacial score (nSPS) is 33.5. The van der Waals surface area contributed by atoms with Crippen molar-refractivity contribution in [2.75, 3.05) is 19.7 Å². The minimum Gasteiger partial charge on any atom is -0.394 e. The maximum absolute atomic E-state index is 14.4. The van der Waals surface area contributed by atoms with Crippen LogP contribution < -0.4 is 0 Å². The summed E-state index contributed by atoms with van der Waals surface area (Å²) >= 11 is 0. The van der Waals surface area contributed by atoms with Crippen LogP contribution >= 0.6 is 0 Å². The molecule has 2 unspecified atom stereocenters. The number of amides is 3. The van der Waals surface area contributed by atoms with Gasteiger partial charge in [-0.25, -0.2) is 0 Å². The fourth-order valence-electron chi connectivity index (χ4n) is 7.25. The summed E-state index contributed by atoms with van der Waals surface area (Å²) < 4.78 is 6.99. The van der Waals surface area contributed by atoms with Gasteiger partial charge in [-0.05, 0) is 32.3 Å². The predicted molar refractivity (Wildman–Crippen MR) is 147 cm³/mol. The number of carbonyl (C=O) groups is 3. The van der Waals surface area contributed by atoms with Gasteiger partial charge in [-0.3, -0.25) is 14.4 Å². The fraction of sp³-hybridized carbons (Fsp3) is 0.581. The highest BCUT2D eigenvalue weighted by molar-refractivity contribution is 6.00. The van der Waals surface area contributed by atoms with Crippen LogP contribution in [0.2, 0.25) is 0 Å². The van der Waals surface area contributed by atoms with Gasteiger partial charge in [0.25, 0.3) is 0 Å². The second-order valence-electron chi connectivity index (χ2n) is 11.5. The summed E-state index contributed by atoms with van der Waals surface area (Å²) in [6.45, 7) is 8.80. The van der Waals surface area contributed by atoms with Crippen LogP contribution in [-0.2, 0) is 25.7 Å². The number of rotatable bonds is 8. The molecule has 4 heterocycles. The minimum absolute atomic E-state index is 0.0161. The van der Waals surface area contributed by atoms with Gasteiger partial charge >= 0.3 is 0 Å². The van der Waals surface area contributed by atoms with Gasteiger partial charge in [0.15, 0.2) is 0 Å². The third-order valence-corrected chi connectivity index (χ3v) is 9.19. The van der Waals surface area contributed by atoms with Crippen molar-refractivity contribution in [3.8, 4) is 0 Å². The summed E-state index contributed by atoms with van der Waals surface area (Å²) in [5, 5.41) is 10.1. The first kappa shape index (κ1) is 27.6. The zero-order valence-electron chi connectivity index (χ0n) is 23.5. The van der Waals surface area contributed by atoms with E-state index < -0.39 is 35.1 Å². The first-order chi connectivity index (χ1) is 18.7. The van der Waals surface area contributed by atoms with E-state index in [1.807, 2.05) is 73.4 Å². The summed E-state index contributed by atoms with van der Waals surface area (Å²) in [4.78, 5) is 48.2. The Bertz CT molecular complexity index is 1170. The number of aliphatic hydroxyl groups is 1. The van der Waals surface area contributed by atoms with Crippen LogP contribution in [0, 0.1) is 11.8 Å². The van der Waals surface area contributed by atoms with Crippen LogP contribution in [0.3, 0.4) is 0 Å². The Kier molecular flexibility index (Phi) is 7.46. The third kappa shape index (κ3) is 4.23. The zero-order valence-corrected chi connectivity index (χ0v) is 23.5. The smallest absolute Gasteiger partial charge is 0.249 e. The molecule has 5 rings (SSSR count). The van der Waals surface area contributed by atoms with Crippen molar-refractivity contribution in [3.05, 3.63) is 60.2 Å². The average molecular weight is 536 g/mol. The van der Waals surface area contributed by atoms with E-state index in [4.69, 9.17) is 4.74 Å². The molecule has 0 aliphatic carbocycles. The molecule has 4 aliphatic rings. The minimum atomic E-state index is -1.30. The quantitative estimate of drug-likeness (QED) is 0.517. The first-order valence-corrected chi connectivity index (χ1v) is 14.4. The van der Waals surface area contributed by atoms with Crippen molar-refractivity contribution in [1.82, 2.24) is 14.7 Å². The van der Waals surface area contributed by atoms with E-state index >= 15 is 0 Å². The number of fused-ring (bicyclic) bond motifs is 2. The van der Waals surface area contributed by atoms with Gasteiger partial charge in [0.05, 0.1) is 30.1 Å². The van der Waals surface area contributed by atoms with Gasteiger partial charge in [0.1, 0.15) is 11.6 Å². The topological polar surface area (TPSA) is 90.4 Å². The molecular weight excluding hydrogens is 494 g/mol. The number of hydrogen-bond acceptors (Lipinski definition) is 5. The zero-order chi connectivity index (χ0) is 27.9. The molecule has 0 saturated carbocycles. The van der Waals surface area contributed by atoms with E-state index in [1.54, 1.807) is 11.8 Å². The van der Waals surface area contributed by atoms with Gasteiger partial charge in [-0.1, -0.05) is 74.9 Å². The molecule has 4 aliphatic heterocycles. The summed E-state index contributed by atoms with van der Waals surface area (Å²) in [7, 11) is 0. The molecule has 0 aromatic heterocycles. The highest BCUT2D eigenvalue weighted by Gasteiger charge is 2.75. The van der Waals surface area contributed by atoms with Crippen molar-refractivity contribution < 1.29 is 24.2 Å². The second-order valence-corrected chi connectivity index (χ2v) is 11.5. The van der Waals surface area contributed by atoms with Crippen molar-refractivity contribution in [1.29, 1.82) is 0 Å². The molecular formula is C31H41N3O5.